The summed E-state index contributed by atoms with van der Waals surface area (Å²) in [5.74, 6) is -3.07. The Morgan fingerprint density at radius 1 is 1.05 bits per heavy atom. The molecule has 11 heteroatoms. The summed E-state index contributed by atoms with van der Waals surface area (Å²) < 4.78 is 47.5. The molecule has 1 atom stereocenters. The van der Waals surface area contributed by atoms with E-state index in [4.69, 9.17) is 4.74 Å². The number of esters is 2. The fourth-order valence-corrected chi connectivity index (χ4v) is 3.82. The van der Waals surface area contributed by atoms with Gasteiger partial charge in [-0.25, -0.2) is 9.78 Å². The van der Waals surface area contributed by atoms with E-state index in [9.17, 15) is 22.8 Å². The van der Waals surface area contributed by atoms with Gasteiger partial charge in [0.2, 0.25) is 0 Å². The molecule has 0 bridgehead atoms. The summed E-state index contributed by atoms with van der Waals surface area (Å²) in [5, 5.41) is 3.96. The zero-order valence-corrected chi connectivity index (χ0v) is 19.5. The summed E-state index contributed by atoms with van der Waals surface area (Å²) >= 11 is 0. The van der Waals surface area contributed by atoms with Crippen LogP contribution in [0.1, 0.15) is 29.9 Å². The smallest absolute Gasteiger partial charge is 0.491 e. The average molecular weight is 512 g/mol. The summed E-state index contributed by atoms with van der Waals surface area (Å²) in [7, 11) is 0. The van der Waals surface area contributed by atoms with Gasteiger partial charge in [-0.1, -0.05) is 6.07 Å². The number of anilines is 1. The van der Waals surface area contributed by atoms with Gasteiger partial charge in [0.15, 0.2) is 0 Å². The molecule has 0 saturated heterocycles. The fraction of sp³-hybridized carbons (Fsp3) is 0.231. The monoisotopic (exact) mass is 512 g/mol. The van der Waals surface area contributed by atoms with E-state index in [1.165, 1.54) is 12.4 Å². The molecule has 192 valence electrons. The van der Waals surface area contributed by atoms with E-state index in [0.717, 1.165) is 23.1 Å². The molecule has 0 fully saturated rings. The third kappa shape index (κ3) is 6.84. The standard InChI is InChI=1S/C26H23F3N4O4/c27-26(28,29)25(35)37-24(34)15-20(17-7-11-30-12-8-17)21-16-33-22-14-18(5-6-19(21)22)36-13-3-10-32-23-4-1-2-9-31-23/h1-2,4-9,11-12,14,16,20,33H,3,10,13,15H2,(H,31,32). The highest BCUT2D eigenvalue weighted by Gasteiger charge is 2.42. The summed E-state index contributed by atoms with van der Waals surface area (Å²) in [6.45, 7) is 1.16. The number of H-pyrrole nitrogens is 1. The first-order valence-corrected chi connectivity index (χ1v) is 11.4. The van der Waals surface area contributed by atoms with E-state index in [-0.39, 0.29) is 0 Å². The largest absolute Gasteiger partial charge is 0.493 e. The van der Waals surface area contributed by atoms with Crippen molar-refractivity contribution in [3.05, 3.63) is 84.4 Å². The number of nitrogens with zero attached hydrogens (tertiary/aromatic N) is 2. The van der Waals surface area contributed by atoms with Gasteiger partial charge in [0, 0.05) is 54.2 Å². The Morgan fingerprint density at radius 3 is 2.59 bits per heavy atom. The lowest BCUT2D eigenvalue weighted by Crippen LogP contribution is -2.28. The van der Waals surface area contributed by atoms with Crippen LogP contribution in [0.25, 0.3) is 10.9 Å². The van der Waals surface area contributed by atoms with Gasteiger partial charge in [-0.05, 0) is 53.9 Å². The van der Waals surface area contributed by atoms with Gasteiger partial charge < -0.3 is 19.8 Å². The van der Waals surface area contributed by atoms with Crippen LogP contribution in [0.15, 0.2) is 73.3 Å². The highest BCUT2D eigenvalue weighted by atomic mass is 19.4. The summed E-state index contributed by atoms with van der Waals surface area (Å²) in [4.78, 5) is 34.6. The number of alkyl halides is 3. The first-order valence-electron chi connectivity index (χ1n) is 11.4. The lowest BCUT2D eigenvalue weighted by atomic mass is 9.89. The molecule has 0 spiro atoms. The second-order valence-corrected chi connectivity index (χ2v) is 8.09. The molecule has 3 heterocycles. The minimum Gasteiger partial charge on any atom is -0.493 e. The number of hydrogen-bond donors (Lipinski definition) is 2. The number of carbonyl (C=O) groups excluding carboxylic acids is 2. The molecular formula is C26H23F3N4O4. The number of benzene rings is 1. The maximum absolute atomic E-state index is 12.5. The molecule has 3 aromatic heterocycles. The summed E-state index contributed by atoms with van der Waals surface area (Å²) in [6, 6.07) is 14.3. The van der Waals surface area contributed by atoms with Crippen LogP contribution in [0.5, 0.6) is 5.75 Å². The van der Waals surface area contributed by atoms with Gasteiger partial charge in [-0.15, -0.1) is 0 Å². The van der Waals surface area contributed by atoms with E-state index in [1.54, 1.807) is 36.7 Å². The normalized spacial score (nSPS) is 12.2. The van der Waals surface area contributed by atoms with Crippen molar-refractivity contribution in [2.45, 2.75) is 24.9 Å². The topological polar surface area (TPSA) is 106 Å². The van der Waals surface area contributed by atoms with Gasteiger partial charge in [-0.3, -0.25) is 9.78 Å². The van der Waals surface area contributed by atoms with Crippen LogP contribution in [0, 0.1) is 0 Å². The lowest BCUT2D eigenvalue weighted by Gasteiger charge is -2.16. The number of aromatic nitrogens is 3. The van der Waals surface area contributed by atoms with Crippen molar-refractivity contribution >= 4 is 28.7 Å². The van der Waals surface area contributed by atoms with E-state index in [1.807, 2.05) is 24.3 Å². The highest BCUT2D eigenvalue weighted by Crippen LogP contribution is 2.35. The van der Waals surface area contributed by atoms with Crippen molar-refractivity contribution in [3.8, 4) is 5.75 Å². The number of hydrogen-bond acceptors (Lipinski definition) is 7. The SMILES string of the molecule is O=C(CC(c1ccncc1)c1c[nH]c2cc(OCCCNc3ccccn3)ccc12)OC(=O)C(F)(F)F. The molecule has 4 aromatic rings. The number of pyridine rings is 2. The first kappa shape index (κ1) is 25.7. The van der Waals surface area contributed by atoms with Crippen molar-refractivity contribution in [1.82, 2.24) is 15.0 Å². The number of rotatable bonds is 10. The number of nitrogens with one attached hydrogen (secondary N) is 2. The molecule has 8 nitrogen and oxygen atoms in total. The quantitative estimate of drug-likeness (QED) is 0.175. The van der Waals surface area contributed by atoms with E-state index in [0.29, 0.717) is 30.0 Å². The second kappa shape index (κ2) is 11.5. The Balaban J connectivity index is 1.44. The Bertz CT molecular complexity index is 1340. The Hall–Kier alpha value is -4.41. The van der Waals surface area contributed by atoms with E-state index in [2.05, 4.69) is 25.0 Å². The van der Waals surface area contributed by atoms with E-state index >= 15 is 0 Å². The second-order valence-electron chi connectivity index (χ2n) is 8.09. The molecule has 1 aromatic carbocycles. The molecule has 0 saturated carbocycles. The lowest BCUT2D eigenvalue weighted by molar-refractivity contribution is -0.201. The minimum atomic E-state index is -5.26. The van der Waals surface area contributed by atoms with Crippen molar-refractivity contribution in [2.24, 2.45) is 0 Å². The van der Waals surface area contributed by atoms with E-state index < -0.39 is 30.5 Å². The average Bonchev–Trinajstić information content (AvgIpc) is 3.30. The third-order valence-electron chi connectivity index (χ3n) is 5.54. The number of aromatic amines is 1. The number of carbonyl (C=O) groups is 2. The predicted molar refractivity (Wildman–Crippen MR) is 129 cm³/mol. The Kier molecular flexibility index (Phi) is 8.02. The highest BCUT2D eigenvalue weighted by molar-refractivity contribution is 5.90. The maximum Gasteiger partial charge on any atom is 0.491 e. The van der Waals surface area contributed by atoms with Crippen molar-refractivity contribution in [3.63, 3.8) is 0 Å². The van der Waals surface area contributed by atoms with Gasteiger partial charge in [0.05, 0.1) is 13.0 Å². The number of fused-ring (bicyclic) bond motifs is 1. The zero-order chi connectivity index (χ0) is 26.3. The molecule has 0 aliphatic rings. The van der Waals surface area contributed by atoms with Crippen molar-refractivity contribution in [2.75, 3.05) is 18.5 Å². The molecule has 1 unspecified atom stereocenters. The molecule has 0 aliphatic carbocycles. The Labute approximate surface area is 209 Å². The van der Waals surface area contributed by atoms with Crippen LogP contribution < -0.4 is 10.1 Å². The van der Waals surface area contributed by atoms with Crippen LogP contribution in [0.2, 0.25) is 0 Å². The van der Waals surface area contributed by atoms with Crippen molar-refractivity contribution < 1.29 is 32.2 Å². The van der Waals surface area contributed by atoms with Crippen LogP contribution >= 0.6 is 0 Å². The molecule has 0 radical (unpaired) electrons. The first-order chi connectivity index (χ1) is 17.8. The number of ether oxygens (including phenoxy) is 2. The summed E-state index contributed by atoms with van der Waals surface area (Å²) in [5.41, 5.74) is 2.01. The molecule has 2 N–H and O–H groups in total. The number of halogens is 3. The molecular weight excluding hydrogens is 489 g/mol. The van der Waals surface area contributed by atoms with Crippen LogP contribution in [0.3, 0.4) is 0 Å². The van der Waals surface area contributed by atoms with Gasteiger partial charge in [-0.2, -0.15) is 13.2 Å². The third-order valence-corrected chi connectivity index (χ3v) is 5.54. The molecule has 0 amide bonds. The molecule has 0 aliphatic heterocycles. The van der Waals surface area contributed by atoms with Gasteiger partial charge in [0.1, 0.15) is 11.6 Å². The zero-order valence-electron chi connectivity index (χ0n) is 19.5. The fourth-order valence-electron chi connectivity index (χ4n) is 3.82. The van der Waals surface area contributed by atoms with Crippen LogP contribution in [-0.4, -0.2) is 46.2 Å². The van der Waals surface area contributed by atoms with Gasteiger partial charge in [0.25, 0.3) is 0 Å². The predicted octanol–water partition coefficient (Wildman–Crippen LogP) is 4.99. The van der Waals surface area contributed by atoms with Crippen LogP contribution in [0.4, 0.5) is 19.0 Å². The molecule has 37 heavy (non-hydrogen) atoms. The van der Waals surface area contributed by atoms with Crippen LogP contribution in [-0.2, 0) is 14.3 Å². The summed E-state index contributed by atoms with van der Waals surface area (Å²) in [6.07, 6.45) is 1.43. The van der Waals surface area contributed by atoms with Gasteiger partial charge >= 0.3 is 18.1 Å². The molecule has 4 rings (SSSR count). The van der Waals surface area contributed by atoms with Crippen molar-refractivity contribution in [1.29, 1.82) is 0 Å². The Morgan fingerprint density at radius 2 is 1.86 bits per heavy atom. The minimum absolute atomic E-state index is 0.470. The maximum atomic E-state index is 12.5.